The zero-order valence-corrected chi connectivity index (χ0v) is 13.7. The Morgan fingerprint density at radius 3 is 2.38 bits per heavy atom. The van der Waals surface area contributed by atoms with Gasteiger partial charge in [-0.15, -0.1) is 0 Å². The molecule has 0 fully saturated rings. The first-order chi connectivity index (χ1) is 10.0. The second kappa shape index (κ2) is 12.4. The summed E-state index contributed by atoms with van der Waals surface area (Å²) in [4.78, 5) is 23.3. The van der Waals surface area contributed by atoms with E-state index in [2.05, 4.69) is 17.6 Å². The highest BCUT2D eigenvalue weighted by molar-refractivity contribution is 5.83. The van der Waals surface area contributed by atoms with E-state index in [9.17, 15) is 9.59 Å². The Balaban J connectivity index is 3.85. The van der Waals surface area contributed by atoms with Crippen LogP contribution in [0.4, 0.5) is 4.79 Å². The van der Waals surface area contributed by atoms with Crippen LogP contribution in [0.2, 0.25) is 0 Å². The monoisotopic (exact) mass is 302 g/mol. The van der Waals surface area contributed by atoms with Gasteiger partial charge in [-0.2, -0.15) is 0 Å². The highest BCUT2D eigenvalue weighted by Gasteiger charge is 2.22. The third kappa shape index (κ3) is 11.1. The Kier molecular flexibility index (Phi) is 11.7. The van der Waals surface area contributed by atoms with Gasteiger partial charge in [-0.25, -0.2) is 9.59 Å². The van der Waals surface area contributed by atoms with E-state index in [1.807, 2.05) is 13.8 Å². The molecule has 1 atom stereocenters. The average Bonchev–Trinajstić information content (AvgIpc) is 2.44. The Labute approximate surface area is 127 Å². The summed E-state index contributed by atoms with van der Waals surface area (Å²) in [5.41, 5.74) is 0. The number of carbonyl (C=O) groups is 2. The number of carbonyl (C=O) groups excluding carboxylic acids is 2. The van der Waals surface area contributed by atoms with Crippen molar-refractivity contribution in [3.05, 3.63) is 0 Å². The first-order valence-electron chi connectivity index (χ1n) is 7.71. The molecule has 124 valence electrons. The zero-order chi connectivity index (χ0) is 16.1. The number of nitrogens with one attached hydrogen (secondary N) is 2. The van der Waals surface area contributed by atoms with Crippen LogP contribution in [0.25, 0.3) is 0 Å². The molecule has 0 rings (SSSR count). The summed E-state index contributed by atoms with van der Waals surface area (Å²) in [6, 6.07) is -0.949. The van der Waals surface area contributed by atoms with Crippen LogP contribution in [-0.4, -0.2) is 44.9 Å². The first kappa shape index (κ1) is 19.7. The highest BCUT2D eigenvalue weighted by atomic mass is 16.5. The maximum absolute atomic E-state index is 11.7. The van der Waals surface area contributed by atoms with Crippen molar-refractivity contribution in [1.29, 1.82) is 0 Å². The molecule has 1 unspecified atom stereocenters. The minimum atomic E-state index is -0.601. The molecule has 0 heterocycles. The average molecular weight is 302 g/mol. The molecule has 21 heavy (non-hydrogen) atoms. The maximum atomic E-state index is 11.7. The number of methoxy groups -OCH3 is 1. The summed E-state index contributed by atoms with van der Waals surface area (Å²) in [6.45, 7) is 8.01. The first-order valence-corrected chi connectivity index (χ1v) is 7.71. The van der Waals surface area contributed by atoms with Crippen LogP contribution >= 0.6 is 0 Å². The number of hydrogen-bond donors (Lipinski definition) is 2. The lowest BCUT2D eigenvalue weighted by Gasteiger charge is -2.18. The molecule has 0 aromatic rings. The summed E-state index contributed by atoms with van der Waals surface area (Å²) in [5, 5.41) is 5.36. The van der Waals surface area contributed by atoms with E-state index in [-0.39, 0.29) is 6.03 Å². The van der Waals surface area contributed by atoms with Crippen LogP contribution in [0.15, 0.2) is 0 Å². The molecule has 2 N–H and O–H groups in total. The molecule has 6 heteroatoms. The highest BCUT2D eigenvalue weighted by Crippen LogP contribution is 2.06. The van der Waals surface area contributed by atoms with Crippen LogP contribution in [0.3, 0.4) is 0 Å². The molecule has 2 amide bonds. The second-order valence-electron chi connectivity index (χ2n) is 5.43. The van der Waals surface area contributed by atoms with Crippen molar-refractivity contribution < 1.29 is 19.1 Å². The van der Waals surface area contributed by atoms with Gasteiger partial charge < -0.3 is 20.1 Å². The van der Waals surface area contributed by atoms with E-state index in [0.717, 1.165) is 25.9 Å². The zero-order valence-electron chi connectivity index (χ0n) is 13.7. The minimum Gasteiger partial charge on any atom is -0.467 e. The van der Waals surface area contributed by atoms with Gasteiger partial charge in [0, 0.05) is 19.8 Å². The molecule has 0 radical (unpaired) electrons. The second-order valence-corrected chi connectivity index (χ2v) is 5.43. The summed E-state index contributed by atoms with van der Waals surface area (Å²) in [5.74, 6) is -0.122. The summed E-state index contributed by atoms with van der Waals surface area (Å²) >= 11 is 0. The lowest BCUT2D eigenvalue weighted by atomic mass is 10.0. The number of ether oxygens (including phenoxy) is 2. The standard InChI is InChI=1S/C15H30N2O4/c1-5-6-9-21-10-7-8-16-15(19)17-13(11-12(2)3)14(18)20-4/h12-13H,5-11H2,1-4H3,(H2,16,17,19). The van der Waals surface area contributed by atoms with E-state index in [0.29, 0.717) is 25.5 Å². The number of amides is 2. The van der Waals surface area contributed by atoms with Crippen molar-refractivity contribution in [2.24, 2.45) is 5.92 Å². The van der Waals surface area contributed by atoms with Gasteiger partial charge in [0.1, 0.15) is 6.04 Å². The number of urea groups is 1. The van der Waals surface area contributed by atoms with E-state index in [4.69, 9.17) is 9.47 Å². The largest absolute Gasteiger partial charge is 0.467 e. The van der Waals surface area contributed by atoms with E-state index in [1.54, 1.807) is 0 Å². The topological polar surface area (TPSA) is 76.7 Å². The molecule has 0 bridgehead atoms. The molecular formula is C15H30N2O4. The van der Waals surface area contributed by atoms with Crippen LogP contribution < -0.4 is 10.6 Å². The van der Waals surface area contributed by atoms with Gasteiger partial charge in [-0.3, -0.25) is 0 Å². The molecule has 0 spiro atoms. The fourth-order valence-corrected chi connectivity index (χ4v) is 1.76. The van der Waals surface area contributed by atoms with Gasteiger partial charge in [0.25, 0.3) is 0 Å². The number of hydrogen-bond acceptors (Lipinski definition) is 4. The Morgan fingerprint density at radius 2 is 1.81 bits per heavy atom. The van der Waals surface area contributed by atoms with E-state index in [1.165, 1.54) is 7.11 Å². The molecule has 6 nitrogen and oxygen atoms in total. The van der Waals surface area contributed by atoms with Gasteiger partial charge in [-0.05, 0) is 25.2 Å². The van der Waals surface area contributed by atoms with Crippen molar-refractivity contribution in [3.63, 3.8) is 0 Å². The molecule has 0 aliphatic rings. The molecule has 0 saturated carbocycles. The lowest BCUT2D eigenvalue weighted by Crippen LogP contribution is -2.47. The van der Waals surface area contributed by atoms with Crippen molar-refractivity contribution in [3.8, 4) is 0 Å². The Hall–Kier alpha value is -1.30. The maximum Gasteiger partial charge on any atom is 0.328 e. The molecule has 0 saturated heterocycles. The van der Waals surface area contributed by atoms with Gasteiger partial charge in [-0.1, -0.05) is 27.2 Å². The van der Waals surface area contributed by atoms with Gasteiger partial charge in [0.2, 0.25) is 0 Å². The Bertz CT molecular complexity index is 295. The SMILES string of the molecule is CCCCOCCCNC(=O)NC(CC(C)C)C(=O)OC. The van der Waals surface area contributed by atoms with Crippen LogP contribution in [0, 0.1) is 5.92 Å². The van der Waals surface area contributed by atoms with Crippen molar-refractivity contribution in [2.75, 3.05) is 26.9 Å². The predicted molar refractivity (Wildman–Crippen MR) is 82.1 cm³/mol. The normalized spacial score (nSPS) is 12.0. The van der Waals surface area contributed by atoms with E-state index >= 15 is 0 Å². The van der Waals surface area contributed by atoms with Gasteiger partial charge in [0.05, 0.1) is 7.11 Å². The molecule has 0 aliphatic heterocycles. The fourth-order valence-electron chi connectivity index (χ4n) is 1.76. The minimum absolute atomic E-state index is 0.293. The van der Waals surface area contributed by atoms with Crippen molar-refractivity contribution >= 4 is 12.0 Å². The predicted octanol–water partition coefficient (Wildman–Crippen LogP) is 2.08. The Morgan fingerprint density at radius 1 is 1.14 bits per heavy atom. The lowest BCUT2D eigenvalue weighted by molar-refractivity contribution is -0.143. The van der Waals surface area contributed by atoms with Crippen LogP contribution in [0.5, 0.6) is 0 Å². The summed E-state index contributed by atoms with van der Waals surface area (Å²) in [7, 11) is 1.32. The van der Waals surface area contributed by atoms with Gasteiger partial charge >= 0.3 is 12.0 Å². The quantitative estimate of drug-likeness (QED) is 0.452. The fraction of sp³-hybridized carbons (Fsp3) is 0.867. The third-order valence-electron chi connectivity index (χ3n) is 2.89. The summed E-state index contributed by atoms with van der Waals surface area (Å²) in [6.07, 6.45) is 3.49. The number of rotatable bonds is 11. The molecule has 0 aliphatic carbocycles. The number of unbranched alkanes of at least 4 members (excludes halogenated alkanes) is 1. The smallest absolute Gasteiger partial charge is 0.328 e. The van der Waals surface area contributed by atoms with Crippen molar-refractivity contribution in [1.82, 2.24) is 10.6 Å². The molecular weight excluding hydrogens is 272 g/mol. The third-order valence-corrected chi connectivity index (χ3v) is 2.89. The molecule has 0 aromatic heterocycles. The van der Waals surface area contributed by atoms with Crippen LogP contribution in [-0.2, 0) is 14.3 Å². The summed E-state index contributed by atoms with van der Waals surface area (Å²) < 4.78 is 10.1. The van der Waals surface area contributed by atoms with Crippen LogP contribution in [0.1, 0.15) is 46.5 Å². The number of esters is 1. The van der Waals surface area contributed by atoms with E-state index < -0.39 is 12.0 Å². The molecule has 0 aromatic carbocycles. The van der Waals surface area contributed by atoms with Gasteiger partial charge in [0.15, 0.2) is 0 Å². The van der Waals surface area contributed by atoms with Crippen molar-refractivity contribution in [2.45, 2.75) is 52.5 Å².